The average molecular weight is 384 g/mol. The molecule has 3 nitrogen and oxygen atoms in total. The summed E-state index contributed by atoms with van der Waals surface area (Å²) >= 11 is 0. The Morgan fingerprint density at radius 2 is 1.48 bits per heavy atom. The van der Waals surface area contributed by atoms with E-state index in [4.69, 9.17) is 0 Å². The SMILES string of the molecule is CCCc1ccc(C=NN=Cc2cc(F)c(OCC(F)(F)F)c(F)c2)cc1. The second kappa shape index (κ2) is 9.25. The van der Waals surface area contributed by atoms with E-state index in [9.17, 15) is 22.0 Å². The molecule has 8 heteroatoms. The van der Waals surface area contributed by atoms with Gasteiger partial charge in [0.1, 0.15) is 0 Å². The third kappa shape index (κ3) is 6.80. The minimum atomic E-state index is -4.69. The Bertz CT molecular complexity index is 791. The molecular formula is C19H17F5N2O. The molecule has 0 saturated carbocycles. The van der Waals surface area contributed by atoms with Gasteiger partial charge in [0, 0.05) is 5.56 Å². The van der Waals surface area contributed by atoms with E-state index in [1.54, 1.807) is 0 Å². The first-order valence-electron chi connectivity index (χ1n) is 8.12. The van der Waals surface area contributed by atoms with Crippen LogP contribution in [0.3, 0.4) is 0 Å². The standard InChI is InChI=1S/C19H17F5N2O/c1-2-3-13-4-6-14(7-5-13)10-25-26-11-15-8-16(20)18(17(21)9-15)27-12-19(22,23)24/h4-11H,2-3,12H2,1H3. The fourth-order valence-electron chi connectivity index (χ4n) is 2.20. The van der Waals surface area contributed by atoms with E-state index in [-0.39, 0.29) is 5.56 Å². The minimum Gasteiger partial charge on any atom is -0.478 e. The molecule has 0 saturated heterocycles. The molecular weight excluding hydrogens is 367 g/mol. The molecule has 0 heterocycles. The first kappa shape index (κ1) is 20.5. The van der Waals surface area contributed by atoms with Crippen LogP contribution in [0.4, 0.5) is 22.0 Å². The molecule has 0 atom stereocenters. The van der Waals surface area contributed by atoms with Crippen LogP contribution in [0.2, 0.25) is 0 Å². The van der Waals surface area contributed by atoms with Crippen LogP contribution in [0.5, 0.6) is 5.75 Å². The van der Waals surface area contributed by atoms with Crippen molar-refractivity contribution in [2.45, 2.75) is 25.9 Å². The molecule has 0 unspecified atom stereocenters. The summed E-state index contributed by atoms with van der Waals surface area (Å²) in [6, 6.07) is 9.31. The van der Waals surface area contributed by atoms with Crippen molar-refractivity contribution in [1.82, 2.24) is 0 Å². The van der Waals surface area contributed by atoms with Gasteiger partial charge in [-0.25, -0.2) is 8.78 Å². The van der Waals surface area contributed by atoms with Crippen LogP contribution in [-0.4, -0.2) is 25.2 Å². The maximum absolute atomic E-state index is 13.7. The van der Waals surface area contributed by atoms with Crippen LogP contribution >= 0.6 is 0 Å². The summed E-state index contributed by atoms with van der Waals surface area (Å²) in [6.45, 7) is 0.306. The van der Waals surface area contributed by atoms with Crippen LogP contribution in [0, 0.1) is 11.6 Å². The van der Waals surface area contributed by atoms with Crippen LogP contribution in [0.1, 0.15) is 30.0 Å². The molecule has 0 aliphatic heterocycles. The third-order valence-corrected chi connectivity index (χ3v) is 3.40. The van der Waals surface area contributed by atoms with Gasteiger partial charge in [-0.2, -0.15) is 23.4 Å². The Morgan fingerprint density at radius 1 is 0.926 bits per heavy atom. The van der Waals surface area contributed by atoms with Gasteiger partial charge in [0.2, 0.25) is 0 Å². The fourth-order valence-corrected chi connectivity index (χ4v) is 2.20. The highest BCUT2D eigenvalue weighted by atomic mass is 19.4. The van der Waals surface area contributed by atoms with Gasteiger partial charge in [0.15, 0.2) is 24.0 Å². The third-order valence-electron chi connectivity index (χ3n) is 3.40. The Balaban J connectivity index is 2.02. The number of halogens is 5. The number of rotatable bonds is 7. The summed E-state index contributed by atoms with van der Waals surface area (Å²) < 4.78 is 67.9. The first-order chi connectivity index (χ1) is 12.8. The highest BCUT2D eigenvalue weighted by Gasteiger charge is 2.29. The second-order valence-electron chi connectivity index (χ2n) is 5.70. The lowest BCUT2D eigenvalue weighted by molar-refractivity contribution is -0.154. The number of hydrogen-bond acceptors (Lipinski definition) is 3. The van der Waals surface area contributed by atoms with Crippen molar-refractivity contribution in [2.75, 3.05) is 6.61 Å². The van der Waals surface area contributed by atoms with Crippen LogP contribution in [0.25, 0.3) is 0 Å². The van der Waals surface area contributed by atoms with E-state index in [2.05, 4.69) is 21.9 Å². The topological polar surface area (TPSA) is 34.0 Å². The molecule has 0 aromatic heterocycles. The molecule has 2 rings (SSSR count). The van der Waals surface area contributed by atoms with Crippen molar-refractivity contribution >= 4 is 12.4 Å². The molecule has 0 bridgehead atoms. The molecule has 2 aromatic carbocycles. The summed E-state index contributed by atoms with van der Waals surface area (Å²) in [6.07, 6.45) is -0.107. The number of aryl methyl sites for hydroxylation is 1. The monoisotopic (exact) mass is 384 g/mol. The summed E-state index contributed by atoms with van der Waals surface area (Å²) in [5, 5.41) is 7.47. The predicted octanol–water partition coefficient (Wildman–Crippen LogP) is 5.31. The van der Waals surface area contributed by atoms with Crippen molar-refractivity contribution in [1.29, 1.82) is 0 Å². The van der Waals surface area contributed by atoms with Gasteiger partial charge in [-0.3, -0.25) is 0 Å². The van der Waals surface area contributed by atoms with Crippen molar-refractivity contribution in [3.05, 3.63) is 64.7 Å². The Hall–Kier alpha value is -2.77. The molecule has 2 aromatic rings. The van der Waals surface area contributed by atoms with Gasteiger partial charge < -0.3 is 4.74 Å². The van der Waals surface area contributed by atoms with Crippen LogP contribution < -0.4 is 4.74 Å². The average Bonchev–Trinajstić information content (AvgIpc) is 2.59. The molecule has 0 radical (unpaired) electrons. The van der Waals surface area contributed by atoms with E-state index in [0.29, 0.717) is 0 Å². The minimum absolute atomic E-state index is 0.000183. The highest BCUT2D eigenvalue weighted by Crippen LogP contribution is 2.25. The first-order valence-corrected chi connectivity index (χ1v) is 8.12. The Kier molecular flexibility index (Phi) is 7.04. The highest BCUT2D eigenvalue weighted by molar-refractivity contribution is 5.82. The number of ether oxygens (including phenoxy) is 1. The predicted molar refractivity (Wildman–Crippen MR) is 93.5 cm³/mol. The number of alkyl halides is 3. The molecule has 0 spiro atoms. The zero-order valence-electron chi connectivity index (χ0n) is 14.4. The summed E-state index contributed by atoms with van der Waals surface area (Å²) in [5.74, 6) is -3.59. The Morgan fingerprint density at radius 3 is 2.00 bits per heavy atom. The van der Waals surface area contributed by atoms with Crippen molar-refractivity contribution in [3.8, 4) is 5.75 Å². The van der Waals surface area contributed by atoms with E-state index in [0.717, 1.165) is 36.8 Å². The molecule has 0 fully saturated rings. The normalized spacial score (nSPS) is 12.2. The van der Waals surface area contributed by atoms with Gasteiger partial charge in [-0.1, -0.05) is 37.6 Å². The van der Waals surface area contributed by atoms with Crippen molar-refractivity contribution < 1.29 is 26.7 Å². The number of benzene rings is 2. The molecule has 0 aliphatic rings. The quantitative estimate of drug-likeness (QED) is 0.362. The van der Waals surface area contributed by atoms with Crippen LogP contribution in [-0.2, 0) is 6.42 Å². The van der Waals surface area contributed by atoms with E-state index in [1.807, 2.05) is 24.3 Å². The Labute approximate surface area is 153 Å². The summed E-state index contributed by atoms with van der Waals surface area (Å²) in [5.41, 5.74) is 2.01. The number of nitrogens with zero attached hydrogens (tertiary/aromatic N) is 2. The van der Waals surface area contributed by atoms with E-state index in [1.165, 1.54) is 11.8 Å². The smallest absolute Gasteiger partial charge is 0.422 e. The summed E-state index contributed by atoms with van der Waals surface area (Å²) in [4.78, 5) is 0. The van der Waals surface area contributed by atoms with Crippen molar-refractivity contribution in [3.63, 3.8) is 0 Å². The lowest BCUT2D eigenvalue weighted by atomic mass is 10.1. The van der Waals surface area contributed by atoms with E-state index < -0.39 is 30.2 Å². The van der Waals surface area contributed by atoms with Crippen molar-refractivity contribution in [2.24, 2.45) is 10.2 Å². The zero-order valence-corrected chi connectivity index (χ0v) is 14.4. The molecule has 0 amide bonds. The lowest BCUT2D eigenvalue weighted by Gasteiger charge is -2.10. The van der Waals surface area contributed by atoms with Gasteiger partial charge in [-0.15, -0.1) is 0 Å². The van der Waals surface area contributed by atoms with Crippen LogP contribution in [0.15, 0.2) is 46.6 Å². The van der Waals surface area contributed by atoms with E-state index >= 15 is 0 Å². The van der Waals surface area contributed by atoms with Gasteiger partial charge in [0.25, 0.3) is 0 Å². The van der Waals surface area contributed by atoms with Gasteiger partial charge in [0.05, 0.1) is 12.4 Å². The maximum atomic E-state index is 13.7. The molecule has 27 heavy (non-hydrogen) atoms. The maximum Gasteiger partial charge on any atom is 0.422 e. The summed E-state index contributed by atoms with van der Waals surface area (Å²) in [7, 11) is 0. The fraction of sp³-hybridized carbons (Fsp3) is 0.263. The zero-order chi connectivity index (χ0) is 19.9. The largest absolute Gasteiger partial charge is 0.478 e. The lowest BCUT2D eigenvalue weighted by Crippen LogP contribution is -2.20. The second-order valence-corrected chi connectivity index (χ2v) is 5.70. The number of hydrogen-bond donors (Lipinski definition) is 0. The molecule has 144 valence electrons. The molecule has 0 aliphatic carbocycles. The van der Waals surface area contributed by atoms with Gasteiger partial charge in [-0.05, 0) is 29.7 Å². The molecule has 0 N–H and O–H groups in total. The van der Waals surface area contributed by atoms with Gasteiger partial charge >= 0.3 is 6.18 Å².